The summed E-state index contributed by atoms with van der Waals surface area (Å²) >= 11 is 2.89. The first-order valence-corrected chi connectivity index (χ1v) is 7.47. The van der Waals surface area contributed by atoms with Crippen LogP contribution in [0.1, 0.15) is 21.5 Å². The van der Waals surface area contributed by atoms with E-state index in [1.165, 1.54) is 22.7 Å². The van der Waals surface area contributed by atoms with E-state index in [1.54, 1.807) is 11.4 Å². The topological polar surface area (TPSA) is 68.7 Å². The van der Waals surface area contributed by atoms with Crippen LogP contribution in [0.2, 0.25) is 0 Å². The number of ether oxygens (including phenoxy) is 2. The molecule has 3 rings (SSSR count). The molecule has 1 fully saturated rings. The molecule has 0 bridgehead atoms. The van der Waals surface area contributed by atoms with E-state index in [4.69, 9.17) is 14.6 Å². The molecule has 2 aromatic rings. The molecule has 0 saturated carbocycles. The molecule has 0 aromatic carbocycles. The van der Waals surface area contributed by atoms with Gasteiger partial charge in [-0.15, -0.1) is 22.7 Å². The Morgan fingerprint density at radius 2 is 2.26 bits per heavy atom. The van der Waals surface area contributed by atoms with E-state index < -0.39 is 5.97 Å². The molecule has 1 N–H and O–H groups in total. The Morgan fingerprint density at radius 1 is 1.37 bits per heavy atom. The molecule has 0 spiro atoms. The van der Waals surface area contributed by atoms with Gasteiger partial charge in [-0.25, -0.2) is 9.78 Å². The molecule has 1 unspecified atom stereocenters. The number of nitrogens with zero attached hydrogens (tertiary/aromatic N) is 1. The third-order valence-corrected chi connectivity index (χ3v) is 4.60. The lowest BCUT2D eigenvalue weighted by Gasteiger charge is -2.20. The Bertz CT molecular complexity index is 586. The Balaban J connectivity index is 1.81. The number of hydrogen-bond donors (Lipinski definition) is 1. The van der Waals surface area contributed by atoms with Crippen LogP contribution in [-0.4, -0.2) is 35.9 Å². The SMILES string of the molecule is O=C(O)c1csc(-c2csc(C3COCCO3)n2)c1. The number of aromatic carboxylic acids is 1. The van der Waals surface area contributed by atoms with Gasteiger partial charge in [-0.1, -0.05) is 0 Å². The molecule has 1 aliphatic heterocycles. The quantitative estimate of drug-likeness (QED) is 0.943. The van der Waals surface area contributed by atoms with Gasteiger partial charge in [0.1, 0.15) is 11.1 Å². The van der Waals surface area contributed by atoms with Crippen molar-refractivity contribution in [1.82, 2.24) is 4.98 Å². The summed E-state index contributed by atoms with van der Waals surface area (Å²) in [5.41, 5.74) is 1.10. The normalized spacial score (nSPS) is 19.5. The molecule has 7 heteroatoms. The summed E-state index contributed by atoms with van der Waals surface area (Å²) in [6.45, 7) is 1.74. The van der Waals surface area contributed by atoms with Crippen LogP contribution in [0.15, 0.2) is 16.8 Å². The van der Waals surface area contributed by atoms with Crippen LogP contribution in [0.4, 0.5) is 0 Å². The fraction of sp³-hybridized carbons (Fsp3) is 0.333. The van der Waals surface area contributed by atoms with Gasteiger partial charge in [-0.3, -0.25) is 0 Å². The zero-order valence-corrected chi connectivity index (χ0v) is 11.5. The highest BCUT2D eigenvalue weighted by Crippen LogP contribution is 2.32. The van der Waals surface area contributed by atoms with Gasteiger partial charge in [-0.2, -0.15) is 0 Å². The Labute approximate surface area is 117 Å². The lowest BCUT2D eigenvalue weighted by Crippen LogP contribution is -2.21. The molecule has 1 atom stereocenters. The lowest BCUT2D eigenvalue weighted by atomic mass is 10.3. The van der Waals surface area contributed by atoms with E-state index in [9.17, 15) is 4.79 Å². The van der Waals surface area contributed by atoms with Crippen molar-refractivity contribution in [2.75, 3.05) is 19.8 Å². The second kappa shape index (κ2) is 5.38. The highest BCUT2D eigenvalue weighted by Gasteiger charge is 2.20. The van der Waals surface area contributed by atoms with Gasteiger partial charge in [0.2, 0.25) is 0 Å². The molecule has 3 heterocycles. The monoisotopic (exact) mass is 297 g/mol. The number of carbonyl (C=O) groups is 1. The van der Waals surface area contributed by atoms with Crippen molar-refractivity contribution in [3.8, 4) is 10.6 Å². The lowest BCUT2D eigenvalue weighted by molar-refractivity contribution is -0.0901. The van der Waals surface area contributed by atoms with E-state index in [0.29, 0.717) is 25.4 Å². The fourth-order valence-electron chi connectivity index (χ4n) is 1.76. The predicted octanol–water partition coefficient (Wildman–Crippen LogP) is 2.66. The number of hydrogen-bond acceptors (Lipinski definition) is 6. The number of carboxylic acids is 1. The molecule has 0 aliphatic carbocycles. The molecule has 100 valence electrons. The summed E-state index contributed by atoms with van der Waals surface area (Å²) in [4.78, 5) is 16.2. The number of rotatable bonds is 3. The standard InChI is InChI=1S/C12H11NO4S2/c14-12(15)7-3-10(18-5-7)8-6-19-11(13-8)9-4-16-1-2-17-9/h3,5-6,9H,1-2,4H2,(H,14,15). The second-order valence-corrected chi connectivity index (χ2v) is 5.81. The van der Waals surface area contributed by atoms with Crippen molar-refractivity contribution in [1.29, 1.82) is 0 Å². The predicted molar refractivity (Wildman–Crippen MR) is 71.9 cm³/mol. The van der Waals surface area contributed by atoms with Gasteiger partial charge in [0.25, 0.3) is 0 Å². The first kappa shape index (κ1) is 12.7. The van der Waals surface area contributed by atoms with Gasteiger partial charge in [0, 0.05) is 10.8 Å². The maximum Gasteiger partial charge on any atom is 0.336 e. The van der Waals surface area contributed by atoms with Gasteiger partial charge in [0.05, 0.1) is 36.0 Å². The van der Waals surface area contributed by atoms with Gasteiger partial charge < -0.3 is 14.6 Å². The van der Waals surface area contributed by atoms with Crippen molar-refractivity contribution >= 4 is 28.6 Å². The summed E-state index contributed by atoms with van der Waals surface area (Å²) in [5.74, 6) is -0.915. The van der Waals surface area contributed by atoms with E-state index in [-0.39, 0.29) is 6.10 Å². The Kier molecular flexibility index (Phi) is 3.61. The summed E-state index contributed by atoms with van der Waals surface area (Å²) in [7, 11) is 0. The van der Waals surface area contributed by atoms with Crippen LogP contribution in [0.3, 0.4) is 0 Å². The van der Waals surface area contributed by atoms with Crippen molar-refractivity contribution < 1.29 is 19.4 Å². The van der Waals surface area contributed by atoms with Gasteiger partial charge in [0.15, 0.2) is 0 Å². The van der Waals surface area contributed by atoms with Crippen LogP contribution < -0.4 is 0 Å². The molecular formula is C12H11NO4S2. The van der Waals surface area contributed by atoms with Crippen molar-refractivity contribution in [3.63, 3.8) is 0 Å². The van der Waals surface area contributed by atoms with Gasteiger partial charge >= 0.3 is 5.97 Å². The minimum Gasteiger partial charge on any atom is -0.478 e. The third kappa shape index (κ3) is 2.69. The first-order valence-electron chi connectivity index (χ1n) is 5.71. The summed E-state index contributed by atoms with van der Waals surface area (Å²) in [6.07, 6.45) is -0.105. The summed E-state index contributed by atoms with van der Waals surface area (Å²) in [5, 5.41) is 13.3. The minimum atomic E-state index is -0.915. The zero-order chi connectivity index (χ0) is 13.2. The van der Waals surface area contributed by atoms with Crippen LogP contribution in [-0.2, 0) is 9.47 Å². The van der Waals surface area contributed by atoms with Gasteiger partial charge in [-0.05, 0) is 6.07 Å². The number of aromatic nitrogens is 1. The molecule has 0 amide bonds. The minimum absolute atomic E-state index is 0.105. The highest BCUT2D eigenvalue weighted by molar-refractivity contribution is 7.14. The van der Waals surface area contributed by atoms with Crippen LogP contribution in [0.25, 0.3) is 10.6 Å². The maximum atomic E-state index is 10.9. The van der Waals surface area contributed by atoms with E-state index in [1.807, 2.05) is 5.38 Å². The molecule has 1 saturated heterocycles. The average Bonchev–Trinajstić information content (AvgIpc) is 3.09. The highest BCUT2D eigenvalue weighted by atomic mass is 32.1. The Morgan fingerprint density at radius 3 is 2.95 bits per heavy atom. The van der Waals surface area contributed by atoms with Crippen LogP contribution >= 0.6 is 22.7 Å². The number of carboxylic acid groups (broad SMARTS) is 1. The van der Waals surface area contributed by atoms with Crippen LogP contribution in [0.5, 0.6) is 0 Å². The molecule has 5 nitrogen and oxygen atoms in total. The third-order valence-electron chi connectivity index (χ3n) is 2.71. The number of thiophene rings is 1. The fourth-order valence-corrected chi connectivity index (χ4v) is 3.53. The summed E-state index contributed by atoms with van der Waals surface area (Å²) in [6, 6.07) is 1.64. The van der Waals surface area contributed by atoms with Crippen molar-refractivity contribution in [2.24, 2.45) is 0 Å². The maximum absolute atomic E-state index is 10.9. The molecule has 0 radical (unpaired) electrons. The second-order valence-electron chi connectivity index (χ2n) is 4.01. The smallest absolute Gasteiger partial charge is 0.336 e. The molecule has 1 aliphatic rings. The van der Waals surface area contributed by atoms with E-state index in [2.05, 4.69) is 4.98 Å². The average molecular weight is 297 g/mol. The van der Waals surface area contributed by atoms with Crippen molar-refractivity contribution in [3.05, 3.63) is 27.4 Å². The Hall–Kier alpha value is -1.28. The van der Waals surface area contributed by atoms with Crippen LogP contribution in [0, 0.1) is 0 Å². The van der Waals surface area contributed by atoms with E-state index in [0.717, 1.165) is 15.6 Å². The van der Waals surface area contributed by atoms with E-state index >= 15 is 0 Å². The zero-order valence-electron chi connectivity index (χ0n) is 9.87. The molecular weight excluding hydrogens is 286 g/mol. The molecule has 19 heavy (non-hydrogen) atoms. The number of thiazole rings is 1. The molecule has 2 aromatic heterocycles. The first-order chi connectivity index (χ1) is 9.24. The largest absolute Gasteiger partial charge is 0.478 e. The summed E-state index contributed by atoms with van der Waals surface area (Å²) < 4.78 is 10.9. The van der Waals surface area contributed by atoms with Crippen molar-refractivity contribution in [2.45, 2.75) is 6.10 Å².